The number of aromatic nitrogens is 3. The van der Waals surface area contributed by atoms with Crippen molar-refractivity contribution in [3.8, 4) is 11.1 Å². The number of rotatable bonds is 5. The predicted octanol–water partition coefficient (Wildman–Crippen LogP) is 2.39. The van der Waals surface area contributed by atoms with Gasteiger partial charge in [0.2, 0.25) is 5.91 Å². The molecule has 3 fully saturated rings. The van der Waals surface area contributed by atoms with E-state index in [4.69, 9.17) is 4.99 Å². The van der Waals surface area contributed by atoms with Crippen LogP contribution in [0.3, 0.4) is 0 Å². The molecular weight excluding hydrogens is 416 g/mol. The summed E-state index contributed by atoms with van der Waals surface area (Å²) >= 11 is 0. The Balaban J connectivity index is 1.11. The lowest BCUT2D eigenvalue weighted by Gasteiger charge is -2.41. The van der Waals surface area contributed by atoms with Gasteiger partial charge in [0.15, 0.2) is 5.65 Å². The van der Waals surface area contributed by atoms with Crippen LogP contribution >= 0.6 is 0 Å². The predicted molar refractivity (Wildman–Crippen MR) is 121 cm³/mol. The highest BCUT2D eigenvalue weighted by Crippen LogP contribution is 2.46. The minimum absolute atomic E-state index is 0.131. The smallest absolute Gasteiger partial charge is 0.256 e. The van der Waals surface area contributed by atoms with Crippen molar-refractivity contribution in [1.29, 1.82) is 0 Å². The van der Waals surface area contributed by atoms with Crippen LogP contribution in [0.4, 0.5) is 0 Å². The largest absolute Gasteiger partial charge is 0.342 e. The quantitative estimate of drug-likeness (QED) is 0.610. The number of aliphatic imine (C=N–C) groups is 1. The van der Waals surface area contributed by atoms with E-state index < -0.39 is 5.54 Å². The summed E-state index contributed by atoms with van der Waals surface area (Å²) in [5.41, 5.74) is 3.41. The lowest BCUT2D eigenvalue weighted by Crippen LogP contribution is -2.55. The van der Waals surface area contributed by atoms with E-state index in [1.807, 2.05) is 32.5 Å². The molecule has 2 saturated carbocycles. The van der Waals surface area contributed by atoms with Crippen LogP contribution in [0.5, 0.6) is 0 Å². The zero-order chi connectivity index (χ0) is 22.2. The number of hydrogen-bond donors (Lipinski definition) is 0. The molecule has 2 aromatic heterocycles. The Morgan fingerprint density at radius 1 is 1.00 bits per heavy atom. The molecule has 33 heavy (non-hydrogen) atoms. The first kappa shape index (κ1) is 19.0. The summed E-state index contributed by atoms with van der Waals surface area (Å²) in [6, 6.07) is 12.2. The van der Waals surface area contributed by atoms with Crippen molar-refractivity contribution in [3.05, 3.63) is 54.5 Å². The van der Waals surface area contributed by atoms with E-state index in [1.165, 1.54) is 0 Å². The van der Waals surface area contributed by atoms with Gasteiger partial charge in [0, 0.05) is 43.2 Å². The second kappa shape index (κ2) is 6.73. The molecule has 1 saturated heterocycles. The maximum Gasteiger partial charge on any atom is 0.256 e. The number of nitrogens with zero attached hydrogens (tertiary/aromatic N) is 6. The highest BCUT2D eigenvalue weighted by Gasteiger charge is 2.57. The topological polar surface area (TPSA) is 83.2 Å². The third-order valence-electron chi connectivity index (χ3n) is 7.35. The normalized spacial score (nSPS) is 21.6. The number of hydrogen-bond acceptors (Lipinski definition) is 5. The molecule has 8 heteroatoms. The standard InChI is InChI=1S/C25H24N6O2/c32-23(19-5-6-19)29-11-16(12-29)13-31-22(27-25(9-10-25)24(31)33)18-3-1-17(2-4-18)20-7-8-21-28-26-15-30(21)14-20/h1-4,7-8,14-16,19H,5-6,9-13H2. The van der Waals surface area contributed by atoms with E-state index >= 15 is 0 Å². The van der Waals surface area contributed by atoms with Crippen molar-refractivity contribution in [1.82, 2.24) is 24.4 Å². The lowest BCUT2D eigenvalue weighted by atomic mass is 9.98. The van der Waals surface area contributed by atoms with Crippen LogP contribution in [-0.2, 0) is 9.59 Å². The van der Waals surface area contributed by atoms with Gasteiger partial charge in [-0.05, 0) is 48.9 Å². The first-order valence-electron chi connectivity index (χ1n) is 11.7. The molecule has 166 valence electrons. The van der Waals surface area contributed by atoms with Gasteiger partial charge in [0.05, 0.1) is 0 Å². The average molecular weight is 441 g/mol. The number of carbonyl (C=O) groups excluding carboxylic acids is 2. The molecule has 2 aliphatic carbocycles. The number of amidine groups is 1. The molecule has 2 amide bonds. The second-order valence-electron chi connectivity index (χ2n) is 9.86. The molecule has 3 aromatic rings. The maximum atomic E-state index is 13.2. The van der Waals surface area contributed by atoms with Crippen molar-refractivity contribution in [2.24, 2.45) is 16.8 Å². The van der Waals surface area contributed by atoms with Crippen molar-refractivity contribution >= 4 is 23.3 Å². The highest BCUT2D eigenvalue weighted by atomic mass is 16.2. The second-order valence-corrected chi connectivity index (χ2v) is 9.86. The van der Waals surface area contributed by atoms with Gasteiger partial charge in [0.1, 0.15) is 17.7 Å². The van der Waals surface area contributed by atoms with E-state index in [2.05, 4.69) is 34.5 Å². The number of likely N-dealkylation sites (tertiary alicyclic amines) is 1. The van der Waals surface area contributed by atoms with Gasteiger partial charge in [-0.3, -0.25) is 23.9 Å². The summed E-state index contributed by atoms with van der Waals surface area (Å²) in [6.07, 6.45) is 7.44. The van der Waals surface area contributed by atoms with Gasteiger partial charge < -0.3 is 4.90 Å². The maximum absolute atomic E-state index is 13.2. The zero-order valence-electron chi connectivity index (χ0n) is 18.2. The Kier molecular flexibility index (Phi) is 3.87. The number of amides is 2. The highest BCUT2D eigenvalue weighted by molar-refractivity contribution is 6.16. The average Bonchev–Trinajstić information content (AvgIpc) is 3.72. The van der Waals surface area contributed by atoms with Gasteiger partial charge in [0.25, 0.3) is 5.91 Å². The third-order valence-corrected chi connectivity index (χ3v) is 7.35. The molecule has 4 heterocycles. The molecule has 0 unspecified atom stereocenters. The fraction of sp³-hybridized carbons (Fsp3) is 0.400. The monoisotopic (exact) mass is 440 g/mol. The van der Waals surface area contributed by atoms with Gasteiger partial charge in [-0.15, -0.1) is 10.2 Å². The Hall–Kier alpha value is -3.55. The van der Waals surface area contributed by atoms with Gasteiger partial charge >= 0.3 is 0 Å². The van der Waals surface area contributed by atoms with Crippen LogP contribution in [0.1, 0.15) is 31.2 Å². The van der Waals surface area contributed by atoms with Gasteiger partial charge in [-0.1, -0.05) is 24.3 Å². The molecule has 4 aliphatic rings. The first-order valence-corrected chi connectivity index (χ1v) is 11.7. The van der Waals surface area contributed by atoms with Crippen molar-refractivity contribution in [2.75, 3.05) is 19.6 Å². The summed E-state index contributed by atoms with van der Waals surface area (Å²) in [5, 5.41) is 7.99. The van der Waals surface area contributed by atoms with Crippen molar-refractivity contribution < 1.29 is 9.59 Å². The summed E-state index contributed by atoms with van der Waals surface area (Å²) < 4.78 is 1.90. The molecule has 1 spiro atoms. The van der Waals surface area contributed by atoms with Crippen LogP contribution < -0.4 is 0 Å². The van der Waals surface area contributed by atoms with Crippen molar-refractivity contribution in [3.63, 3.8) is 0 Å². The fourth-order valence-electron chi connectivity index (χ4n) is 5.01. The zero-order valence-corrected chi connectivity index (χ0v) is 18.2. The molecule has 1 aromatic carbocycles. The fourth-order valence-corrected chi connectivity index (χ4v) is 5.01. The number of pyridine rings is 1. The lowest BCUT2D eigenvalue weighted by molar-refractivity contribution is -0.139. The molecule has 0 radical (unpaired) electrons. The van der Waals surface area contributed by atoms with Crippen LogP contribution in [0.15, 0.2) is 53.9 Å². The van der Waals surface area contributed by atoms with E-state index in [1.54, 1.807) is 6.33 Å². The Bertz CT molecular complexity index is 1310. The summed E-state index contributed by atoms with van der Waals surface area (Å²) in [7, 11) is 0. The Labute approximate surface area is 190 Å². The number of carbonyl (C=O) groups is 2. The van der Waals surface area contributed by atoms with Crippen LogP contribution in [0, 0.1) is 11.8 Å². The van der Waals surface area contributed by atoms with Gasteiger partial charge in [-0.25, -0.2) is 0 Å². The molecule has 7 rings (SSSR count). The SMILES string of the molecule is O=C(C1CC1)N1CC(CN2C(=O)C3(CC3)N=C2c2ccc(-c3ccc4nncn4c3)cc2)C1. The third kappa shape index (κ3) is 3.08. The van der Waals surface area contributed by atoms with Crippen LogP contribution in [0.25, 0.3) is 16.8 Å². The summed E-state index contributed by atoms with van der Waals surface area (Å²) in [5.74, 6) is 1.80. The minimum Gasteiger partial charge on any atom is -0.342 e. The van der Waals surface area contributed by atoms with E-state index in [9.17, 15) is 9.59 Å². The molecule has 0 N–H and O–H groups in total. The van der Waals surface area contributed by atoms with Crippen LogP contribution in [0.2, 0.25) is 0 Å². The number of fused-ring (bicyclic) bond motifs is 1. The van der Waals surface area contributed by atoms with E-state index in [-0.39, 0.29) is 11.8 Å². The Morgan fingerprint density at radius 2 is 1.73 bits per heavy atom. The van der Waals surface area contributed by atoms with Gasteiger partial charge in [-0.2, -0.15) is 0 Å². The molecule has 2 aliphatic heterocycles. The summed E-state index contributed by atoms with van der Waals surface area (Å²) in [6.45, 7) is 2.15. The summed E-state index contributed by atoms with van der Waals surface area (Å²) in [4.78, 5) is 34.2. The van der Waals surface area contributed by atoms with Crippen LogP contribution in [-0.4, -0.2) is 67.2 Å². The molecule has 0 bridgehead atoms. The molecule has 8 nitrogen and oxygen atoms in total. The van der Waals surface area contributed by atoms with E-state index in [0.29, 0.717) is 18.4 Å². The van der Waals surface area contributed by atoms with Crippen molar-refractivity contribution in [2.45, 2.75) is 31.2 Å². The molecular formula is C25H24N6O2. The van der Waals surface area contributed by atoms with E-state index in [0.717, 1.165) is 66.9 Å². The number of benzene rings is 1. The Morgan fingerprint density at radius 3 is 2.45 bits per heavy atom. The minimum atomic E-state index is -0.527. The molecule has 0 atom stereocenters. The first-order chi connectivity index (χ1) is 16.1.